The third-order valence-electron chi connectivity index (χ3n) is 3.70. The van der Waals surface area contributed by atoms with Gasteiger partial charge in [0.2, 0.25) is 0 Å². The summed E-state index contributed by atoms with van der Waals surface area (Å²) in [6.45, 7) is 5.80. The number of halogens is 2. The predicted molar refractivity (Wildman–Crippen MR) is 94.2 cm³/mol. The van der Waals surface area contributed by atoms with E-state index in [2.05, 4.69) is 4.98 Å². The average molecular weight is 361 g/mol. The Balaban J connectivity index is 2.20. The fourth-order valence-corrected chi connectivity index (χ4v) is 4.02. The summed E-state index contributed by atoms with van der Waals surface area (Å²) in [6, 6.07) is 8.34. The van der Waals surface area contributed by atoms with Crippen molar-refractivity contribution in [1.29, 1.82) is 0 Å². The fourth-order valence-electron chi connectivity index (χ4n) is 2.75. The molecule has 0 saturated carbocycles. The summed E-state index contributed by atoms with van der Waals surface area (Å²) in [5.74, 6) is -2.52. The number of nitrogens with one attached hydrogen (secondary N) is 1. The number of carbonyl (C=O) groups excluding carboxylic acids is 1. The lowest BCUT2D eigenvalue weighted by Crippen LogP contribution is -2.06. The van der Waals surface area contributed by atoms with Crippen molar-refractivity contribution in [3.8, 4) is 0 Å². The highest BCUT2D eigenvalue weighted by molar-refractivity contribution is 7.99. The Bertz CT molecular complexity index is 945. The zero-order valence-corrected chi connectivity index (χ0v) is 14.9. The molecule has 0 bridgehead atoms. The van der Waals surface area contributed by atoms with Gasteiger partial charge < -0.3 is 9.72 Å². The van der Waals surface area contributed by atoms with Crippen LogP contribution in [0, 0.1) is 25.5 Å². The van der Waals surface area contributed by atoms with E-state index in [0.717, 1.165) is 22.1 Å². The third-order valence-corrected chi connectivity index (χ3v) is 4.79. The maximum Gasteiger partial charge on any atom is 0.355 e. The Hall–Kier alpha value is -2.34. The van der Waals surface area contributed by atoms with Crippen LogP contribution in [0.25, 0.3) is 10.9 Å². The number of hydrogen-bond acceptors (Lipinski definition) is 3. The van der Waals surface area contributed by atoms with Gasteiger partial charge in [-0.05, 0) is 56.2 Å². The first-order valence-electron chi connectivity index (χ1n) is 7.83. The number of ether oxygens (including phenoxy) is 1. The summed E-state index contributed by atoms with van der Waals surface area (Å²) < 4.78 is 33.2. The standard InChI is InChI=1S/C19H17F2NO2S/c1-4-24-19(23)17-18(25-12-8-10(2)7-11(3)9-12)15-14(22-17)6-5-13(20)16(15)21/h5-9,22H,4H2,1-3H3. The molecule has 0 radical (unpaired) electrons. The van der Waals surface area contributed by atoms with Crippen molar-refractivity contribution in [2.45, 2.75) is 30.6 Å². The van der Waals surface area contributed by atoms with E-state index in [9.17, 15) is 13.6 Å². The number of aromatic nitrogens is 1. The van der Waals surface area contributed by atoms with Gasteiger partial charge in [-0.3, -0.25) is 0 Å². The molecule has 2 aromatic carbocycles. The highest BCUT2D eigenvalue weighted by Crippen LogP contribution is 2.39. The third kappa shape index (κ3) is 3.39. The lowest BCUT2D eigenvalue weighted by molar-refractivity contribution is 0.0516. The molecule has 0 saturated heterocycles. The largest absolute Gasteiger partial charge is 0.461 e. The van der Waals surface area contributed by atoms with E-state index in [1.165, 1.54) is 17.8 Å². The normalized spacial score (nSPS) is 11.1. The van der Waals surface area contributed by atoms with E-state index in [1.807, 2.05) is 32.0 Å². The summed E-state index contributed by atoms with van der Waals surface area (Å²) in [4.78, 5) is 16.3. The van der Waals surface area contributed by atoms with Crippen LogP contribution < -0.4 is 0 Å². The first kappa shape index (κ1) is 17.5. The summed E-state index contributed by atoms with van der Waals surface area (Å²) >= 11 is 1.22. The van der Waals surface area contributed by atoms with Crippen LogP contribution in [0.3, 0.4) is 0 Å². The molecule has 1 heterocycles. The van der Waals surface area contributed by atoms with Crippen LogP contribution in [0.1, 0.15) is 28.5 Å². The van der Waals surface area contributed by atoms with Crippen molar-refractivity contribution in [2.24, 2.45) is 0 Å². The molecule has 0 aliphatic carbocycles. The Morgan fingerprint density at radius 1 is 1.16 bits per heavy atom. The molecule has 3 aromatic rings. The molecule has 1 N–H and O–H groups in total. The van der Waals surface area contributed by atoms with Crippen LogP contribution in [0.5, 0.6) is 0 Å². The lowest BCUT2D eigenvalue weighted by atomic mass is 10.2. The van der Waals surface area contributed by atoms with Crippen LogP contribution in [-0.4, -0.2) is 17.6 Å². The highest BCUT2D eigenvalue weighted by Gasteiger charge is 2.24. The Morgan fingerprint density at radius 2 is 1.84 bits per heavy atom. The molecular formula is C19H17F2NO2S. The zero-order valence-electron chi connectivity index (χ0n) is 14.1. The van der Waals surface area contributed by atoms with Crippen LogP contribution in [0.2, 0.25) is 0 Å². The number of esters is 1. The minimum atomic E-state index is -0.976. The van der Waals surface area contributed by atoms with Crippen molar-refractivity contribution in [3.05, 3.63) is 58.8 Å². The quantitative estimate of drug-likeness (QED) is 0.634. The Morgan fingerprint density at radius 3 is 2.48 bits per heavy atom. The van der Waals surface area contributed by atoms with E-state index in [0.29, 0.717) is 10.4 Å². The van der Waals surface area contributed by atoms with Gasteiger partial charge in [0.25, 0.3) is 0 Å². The second-order valence-corrected chi connectivity index (χ2v) is 6.84. The van der Waals surface area contributed by atoms with Crippen molar-refractivity contribution >= 4 is 28.6 Å². The minimum Gasteiger partial charge on any atom is -0.461 e. The maximum absolute atomic E-state index is 14.4. The van der Waals surface area contributed by atoms with E-state index < -0.39 is 17.6 Å². The van der Waals surface area contributed by atoms with Gasteiger partial charge in [-0.25, -0.2) is 13.6 Å². The molecular weight excluding hydrogens is 344 g/mol. The minimum absolute atomic E-state index is 0.0622. The molecule has 0 unspecified atom stereocenters. The monoisotopic (exact) mass is 361 g/mol. The van der Waals surface area contributed by atoms with E-state index in [4.69, 9.17) is 4.74 Å². The van der Waals surface area contributed by atoms with E-state index in [-0.39, 0.29) is 17.7 Å². The first-order chi connectivity index (χ1) is 11.9. The van der Waals surface area contributed by atoms with Gasteiger partial charge in [-0.15, -0.1) is 0 Å². The van der Waals surface area contributed by atoms with Gasteiger partial charge in [-0.2, -0.15) is 0 Å². The van der Waals surface area contributed by atoms with Gasteiger partial charge in [0, 0.05) is 4.90 Å². The van der Waals surface area contributed by atoms with Crippen LogP contribution >= 0.6 is 11.8 Å². The number of H-pyrrole nitrogens is 1. The van der Waals surface area contributed by atoms with E-state index in [1.54, 1.807) is 6.92 Å². The number of aryl methyl sites for hydroxylation is 2. The molecule has 25 heavy (non-hydrogen) atoms. The Labute approximate surface area is 148 Å². The maximum atomic E-state index is 14.4. The molecule has 0 amide bonds. The first-order valence-corrected chi connectivity index (χ1v) is 8.65. The molecule has 0 aliphatic rings. The zero-order chi connectivity index (χ0) is 18.1. The summed E-state index contributed by atoms with van der Waals surface area (Å²) in [6.07, 6.45) is 0. The lowest BCUT2D eigenvalue weighted by Gasteiger charge is -2.07. The van der Waals surface area contributed by atoms with Crippen molar-refractivity contribution in [3.63, 3.8) is 0 Å². The molecule has 1 aromatic heterocycles. The Kier molecular flexibility index (Phi) is 4.81. The van der Waals surface area contributed by atoms with Crippen molar-refractivity contribution in [1.82, 2.24) is 4.98 Å². The van der Waals surface area contributed by atoms with Crippen LogP contribution in [0.4, 0.5) is 8.78 Å². The molecule has 0 spiro atoms. The molecule has 130 valence electrons. The van der Waals surface area contributed by atoms with Gasteiger partial charge in [0.05, 0.1) is 22.4 Å². The topological polar surface area (TPSA) is 42.1 Å². The van der Waals surface area contributed by atoms with Gasteiger partial charge in [0.1, 0.15) is 5.69 Å². The van der Waals surface area contributed by atoms with Crippen molar-refractivity contribution < 1.29 is 18.3 Å². The van der Waals surface area contributed by atoms with Gasteiger partial charge in [-0.1, -0.05) is 17.8 Å². The second kappa shape index (κ2) is 6.88. The summed E-state index contributed by atoms with van der Waals surface area (Å²) in [5.41, 5.74) is 2.58. The van der Waals surface area contributed by atoms with Crippen LogP contribution in [-0.2, 0) is 4.74 Å². The number of aromatic amines is 1. The molecule has 6 heteroatoms. The molecule has 0 aliphatic heterocycles. The molecule has 3 nitrogen and oxygen atoms in total. The SMILES string of the molecule is CCOC(=O)c1[nH]c2ccc(F)c(F)c2c1Sc1cc(C)cc(C)c1. The smallest absolute Gasteiger partial charge is 0.355 e. The fraction of sp³-hybridized carbons (Fsp3) is 0.211. The predicted octanol–water partition coefficient (Wildman–Crippen LogP) is 5.39. The number of benzene rings is 2. The molecule has 0 atom stereocenters. The molecule has 0 fully saturated rings. The number of carbonyl (C=O) groups is 1. The highest BCUT2D eigenvalue weighted by atomic mass is 32.2. The van der Waals surface area contributed by atoms with Crippen molar-refractivity contribution in [2.75, 3.05) is 6.61 Å². The molecule has 3 rings (SSSR count). The number of fused-ring (bicyclic) bond motifs is 1. The number of rotatable bonds is 4. The van der Waals surface area contributed by atoms with Gasteiger partial charge in [0.15, 0.2) is 11.6 Å². The summed E-state index contributed by atoms with van der Waals surface area (Å²) in [7, 11) is 0. The average Bonchev–Trinajstić information content (AvgIpc) is 2.89. The van der Waals surface area contributed by atoms with Gasteiger partial charge >= 0.3 is 5.97 Å². The van der Waals surface area contributed by atoms with Crippen LogP contribution in [0.15, 0.2) is 40.1 Å². The number of hydrogen-bond donors (Lipinski definition) is 1. The summed E-state index contributed by atoms with van der Waals surface area (Å²) in [5, 5.41) is 0.0622. The van der Waals surface area contributed by atoms with E-state index >= 15 is 0 Å². The second-order valence-electron chi connectivity index (χ2n) is 5.76.